The van der Waals surface area contributed by atoms with Crippen LogP contribution in [0.2, 0.25) is 0 Å². The highest BCUT2D eigenvalue weighted by Crippen LogP contribution is 2.37. The number of carbonyl (C=O) groups is 4. The van der Waals surface area contributed by atoms with Crippen molar-refractivity contribution >= 4 is 67.4 Å². The molecule has 1 fully saturated rings. The Labute approximate surface area is 205 Å². The highest BCUT2D eigenvalue weighted by atomic mass is 79.9. The number of methoxy groups -OCH3 is 1. The number of nitrogens with one attached hydrogen (secondary N) is 1. The zero-order chi connectivity index (χ0) is 24.1. The molecule has 2 aromatic rings. The smallest absolute Gasteiger partial charge is 0.344 e. The van der Waals surface area contributed by atoms with Gasteiger partial charge < -0.3 is 14.2 Å². The molecule has 11 heteroatoms. The zero-order valence-corrected chi connectivity index (χ0v) is 20.7. The second-order valence-corrected chi connectivity index (χ2v) is 8.33. The van der Waals surface area contributed by atoms with Crippen LogP contribution in [0.4, 0.5) is 10.5 Å². The maximum atomic E-state index is 13.0. The molecule has 0 spiro atoms. The van der Waals surface area contributed by atoms with E-state index >= 15 is 0 Å². The lowest BCUT2D eigenvalue weighted by Crippen LogP contribution is -2.54. The van der Waals surface area contributed by atoms with Gasteiger partial charge in [-0.05, 0) is 70.9 Å². The van der Waals surface area contributed by atoms with Crippen molar-refractivity contribution in [3.05, 3.63) is 56.5 Å². The van der Waals surface area contributed by atoms with Crippen LogP contribution in [0.15, 0.2) is 50.9 Å². The molecule has 0 radical (unpaired) electrons. The lowest BCUT2D eigenvalue weighted by molar-refractivity contribution is -0.145. The molecule has 1 N–H and O–H groups in total. The largest absolute Gasteiger partial charge is 0.493 e. The average Bonchev–Trinajstić information content (AvgIpc) is 2.77. The van der Waals surface area contributed by atoms with E-state index in [9.17, 15) is 19.2 Å². The first-order valence-corrected chi connectivity index (χ1v) is 11.2. The van der Waals surface area contributed by atoms with Crippen LogP contribution in [-0.2, 0) is 19.1 Å². The molecule has 4 amide bonds. The molecule has 9 nitrogen and oxygen atoms in total. The van der Waals surface area contributed by atoms with Gasteiger partial charge in [0.2, 0.25) is 0 Å². The predicted molar refractivity (Wildman–Crippen MR) is 126 cm³/mol. The first kappa shape index (κ1) is 24.5. The molecule has 0 aromatic heterocycles. The summed E-state index contributed by atoms with van der Waals surface area (Å²) in [5, 5.41) is 2.17. The molecule has 1 aliphatic rings. The van der Waals surface area contributed by atoms with E-state index in [4.69, 9.17) is 14.2 Å². The van der Waals surface area contributed by atoms with Crippen LogP contribution in [0, 0.1) is 0 Å². The third kappa shape index (κ3) is 5.60. The fourth-order valence-electron chi connectivity index (χ4n) is 2.95. The highest BCUT2D eigenvalue weighted by molar-refractivity contribution is 9.10. The van der Waals surface area contributed by atoms with Gasteiger partial charge in [0.25, 0.3) is 11.8 Å². The summed E-state index contributed by atoms with van der Waals surface area (Å²) in [5.41, 5.74) is 0.484. The van der Waals surface area contributed by atoms with Crippen molar-refractivity contribution < 1.29 is 33.4 Å². The number of hydrogen-bond donors (Lipinski definition) is 1. The van der Waals surface area contributed by atoms with Gasteiger partial charge in [-0.1, -0.05) is 15.9 Å². The Morgan fingerprint density at radius 2 is 1.82 bits per heavy atom. The second-order valence-electron chi connectivity index (χ2n) is 6.56. The lowest BCUT2D eigenvalue weighted by atomic mass is 10.1. The third-order valence-electron chi connectivity index (χ3n) is 4.39. The van der Waals surface area contributed by atoms with Gasteiger partial charge in [0.05, 0.1) is 23.9 Å². The van der Waals surface area contributed by atoms with Crippen molar-refractivity contribution in [3.63, 3.8) is 0 Å². The number of amides is 4. The van der Waals surface area contributed by atoms with Gasteiger partial charge in [0.15, 0.2) is 18.1 Å². The Bertz CT molecular complexity index is 1150. The number of urea groups is 1. The van der Waals surface area contributed by atoms with E-state index < -0.39 is 23.8 Å². The quantitative estimate of drug-likeness (QED) is 0.300. The maximum absolute atomic E-state index is 13.0. The van der Waals surface area contributed by atoms with E-state index in [1.807, 2.05) is 0 Å². The fourth-order valence-corrected chi connectivity index (χ4v) is 3.78. The van der Waals surface area contributed by atoms with Crippen molar-refractivity contribution in [1.82, 2.24) is 5.32 Å². The minimum Gasteiger partial charge on any atom is -0.493 e. The molecule has 33 heavy (non-hydrogen) atoms. The van der Waals surface area contributed by atoms with Gasteiger partial charge in [-0.3, -0.25) is 14.9 Å². The van der Waals surface area contributed by atoms with E-state index in [1.54, 1.807) is 37.3 Å². The van der Waals surface area contributed by atoms with Crippen LogP contribution in [0.1, 0.15) is 12.5 Å². The van der Waals surface area contributed by atoms with E-state index in [0.717, 1.165) is 9.37 Å². The van der Waals surface area contributed by atoms with Gasteiger partial charge in [-0.2, -0.15) is 0 Å². The number of esters is 1. The Hall–Kier alpha value is -3.18. The Morgan fingerprint density at radius 3 is 2.45 bits per heavy atom. The standard InChI is InChI=1S/C22H18Br2N2O7/c1-3-32-18(27)11-33-19-16(24)9-12(10-17(19)31-2)8-15-20(28)25-22(30)26(21(15)29)14-6-4-13(23)5-7-14/h4-10H,3,11H2,1-2H3,(H,25,28,30)/b15-8+. The minimum absolute atomic E-state index is 0.225. The minimum atomic E-state index is -0.842. The van der Waals surface area contributed by atoms with E-state index in [1.165, 1.54) is 19.3 Å². The molecule has 1 aliphatic heterocycles. The molecule has 3 rings (SSSR count). The molecule has 1 heterocycles. The summed E-state index contributed by atoms with van der Waals surface area (Å²) < 4.78 is 16.8. The predicted octanol–water partition coefficient (Wildman–Crippen LogP) is 3.83. The Morgan fingerprint density at radius 1 is 1.12 bits per heavy atom. The normalized spacial score (nSPS) is 14.8. The molecule has 0 saturated carbocycles. The number of imide groups is 2. The van der Waals surface area contributed by atoms with Crippen molar-refractivity contribution in [3.8, 4) is 11.5 Å². The topological polar surface area (TPSA) is 111 Å². The average molecular weight is 582 g/mol. The summed E-state index contributed by atoms with van der Waals surface area (Å²) in [4.78, 5) is 50.2. The third-order valence-corrected chi connectivity index (χ3v) is 5.51. The van der Waals surface area contributed by atoms with Gasteiger partial charge in [-0.15, -0.1) is 0 Å². The second kappa shape index (κ2) is 10.6. The molecule has 0 unspecified atom stereocenters. The van der Waals surface area contributed by atoms with Crippen LogP contribution in [-0.4, -0.2) is 44.1 Å². The number of anilines is 1. The van der Waals surface area contributed by atoms with Crippen LogP contribution in [0.3, 0.4) is 0 Å². The molecule has 172 valence electrons. The SMILES string of the molecule is CCOC(=O)COc1c(Br)cc(/C=C2\C(=O)NC(=O)N(c3ccc(Br)cc3)C2=O)cc1OC. The summed E-state index contributed by atoms with van der Waals surface area (Å²) in [6.07, 6.45) is 1.33. The Balaban J connectivity index is 1.93. The summed E-state index contributed by atoms with van der Waals surface area (Å²) >= 11 is 6.64. The van der Waals surface area contributed by atoms with Crippen LogP contribution >= 0.6 is 31.9 Å². The van der Waals surface area contributed by atoms with Crippen LogP contribution < -0.4 is 19.7 Å². The molecule has 0 bridgehead atoms. The van der Waals surface area contributed by atoms with Gasteiger partial charge in [0.1, 0.15) is 5.57 Å². The summed E-state index contributed by atoms with van der Waals surface area (Å²) in [5.74, 6) is -1.64. The van der Waals surface area contributed by atoms with E-state index in [0.29, 0.717) is 15.7 Å². The first-order chi connectivity index (χ1) is 15.7. The molecule has 1 saturated heterocycles. The van der Waals surface area contributed by atoms with Gasteiger partial charge in [0, 0.05) is 4.47 Å². The highest BCUT2D eigenvalue weighted by Gasteiger charge is 2.36. The summed E-state index contributed by atoms with van der Waals surface area (Å²) in [6, 6.07) is 8.76. The first-order valence-electron chi connectivity index (χ1n) is 9.58. The number of barbiturate groups is 1. The van der Waals surface area contributed by atoms with Crippen molar-refractivity contribution in [1.29, 1.82) is 0 Å². The number of rotatable bonds is 7. The Kier molecular flexibility index (Phi) is 7.88. The molecule has 0 aliphatic carbocycles. The van der Waals surface area contributed by atoms with E-state index in [-0.39, 0.29) is 30.3 Å². The number of ether oxygens (including phenoxy) is 3. The van der Waals surface area contributed by atoms with E-state index in [2.05, 4.69) is 37.2 Å². The van der Waals surface area contributed by atoms with Gasteiger partial charge >= 0.3 is 12.0 Å². The monoisotopic (exact) mass is 580 g/mol. The van der Waals surface area contributed by atoms with Gasteiger partial charge in [-0.25, -0.2) is 14.5 Å². The molecular weight excluding hydrogens is 564 g/mol. The number of nitrogens with zero attached hydrogens (tertiary/aromatic N) is 1. The van der Waals surface area contributed by atoms with Crippen molar-refractivity contribution in [2.45, 2.75) is 6.92 Å². The fraction of sp³-hybridized carbons (Fsp3) is 0.182. The van der Waals surface area contributed by atoms with Crippen molar-refractivity contribution in [2.75, 3.05) is 25.2 Å². The molecule has 2 aromatic carbocycles. The summed E-state index contributed by atoms with van der Waals surface area (Å²) in [6.45, 7) is 1.59. The van der Waals surface area contributed by atoms with Crippen LogP contribution in [0.5, 0.6) is 11.5 Å². The number of halogens is 2. The number of carbonyl (C=O) groups excluding carboxylic acids is 4. The number of hydrogen-bond acceptors (Lipinski definition) is 7. The summed E-state index contributed by atoms with van der Waals surface area (Å²) in [7, 11) is 1.41. The molecule has 0 atom stereocenters. The maximum Gasteiger partial charge on any atom is 0.344 e. The van der Waals surface area contributed by atoms with Crippen LogP contribution in [0.25, 0.3) is 6.08 Å². The molecular formula is C22H18Br2N2O7. The number of benzene rings is 2. The lowest BCUT2D eigenvalue weighted by Gasteiger charge is -2.26. The zero-order valence-electron chi connectivity index (χ0n) is 17.5. The van der Waals surface area contributed by atoms with Crippen molar-refractivity contribution in [2.24, 2.45) is 0 Å².